The van der Waals surface area contributed by atoms with E-state index in [4.69, 9.17) is 16.3 Å². The van der Waals surface area contributed by atoms with E-state index < -0.39 is 0 Å². The standard InChI is InChI=1S/C15H19ClN4O/c1-11-4-5-12(16)8-13(11)20-15-9-14(18-10-19-15)17-6-3-7-21-2/h4-5,8-10H,3,6-7H2,1-2H3,(H2,17,18,19,20). The summed E-state index contributed by atoms with van der Waals surface area (Å²) < 4.78 is 5.01. The minimum atomic E-state index is 0.690. The fraction of sp³-hybridized carbons (Fsp3) is 0.333. The summed E-state index contributed by atoms with van der Waals surface area (Å²) in [5.74, 6) is 1.51. The highest BCUT2D eigenvalue weighted by atomic mass is 35.5. The van der Waals surface area contributed by atoms with Crippen molar-refractivity contribution in [3.63, 3.8) is 0 Å². The van der Waals surface area contributed by atoms with Crippen molar-refractivity contribution < 1.29 is 4.74 Å². The molecule has 0 aliphatic rings. The summed E-state index contributed by atoms with van der Waals surface area (Å²) in [6.07, 6.45) is 2.46. The van der Waals surface area contributed by atoms with Crippen LogP contribution >= 0.6 is 11.6 Å². The molecule has 0 spiro atoms. The van der Waals surface area contributed by atoms with Crippen molar-refractivity contribution in [2.45, 2.75) is 13.3 Å². The Bertz CT molecular complexity index is 592. The van der Waals surface area contributed by atoms with Crippen molar-refractivity contribution >= 4 is 28.9 Å². The minimum absolute atomic E-state index is 0.690. The van der Waals surface area contributed by atoms with Crippen LogP contribution in [-0.4, -0.2) is 30.2 Å². The molecule has 0 saturated carbocycles. The number of rotatable bonds is 7. The second-order valence-electron chi connectivity index (χ2n) is 4.65. The first-order valence-electron chi connectivity index (χ1n) is 6.77. The Morgan fingerprint density at radius 2 is 2.00 bits per heavy atom. The van der Waals surface area contributed by atoms with Gasteiger partial charge in [-0.25, -0.2) is 9.97 Å². The molecule has 0 aliphatic carbocycles. The highest BCUT2D eigenvalue weighted by Crippen LogP contribution is 2.23. The second kappa shape index (κ2) is 7.81. The summed E-state index contributed by atoms with van der Waals surface area (Å²) in [6, 6.07) is 7.58. The third-order valence-electron chi connectivity index (χ3n) is 2.96. The van der Waals surface area contributed by atoms with Gasteiger partial charge in [-0.1, -0.05) is 17.7 Å². The highest BCUT2D eigenvalue weighted by molar-refractivity contribution is 6.30. The molecule has 1 aromatic heterocycles. The quantitative estimate of drug-likeness (QED) is 0.765. The van der Waals surface area contributed by atoms with E-state index >= 15 is 0 Å². The number of benzene rings is 1. The molecule has 0 saturated heterocycles. The molecule has 2 rings (SSSR count). The molecule has 0 fully saturated rings. The Morgan fingerprint density at radius 1 is 1.19 bits per heavy atom. The van der Waals surface area contributed by atoms with Crippen LogP contribution < -0.4 is 10.6 Å². The molecule has 1 aromatic carbocycles. The van der Waals surface area contributed by atoms with Crippen molar-refractivity contribution in [2.24, 2.45) is 0 Å². The molecule has 112 valence electrons. The maximum atomic E-state index is 6.02. The zero-order valence-electron chi connectivity index (χ0n) is 12.2. The predicted molar refractivity (Wildman–Crippen MR) is 86.5 cm³/mol. The molecule has 1 heterocycles. The van der Waals surface area contributed by atoms with E-state index in [1.807, 2.05) is 31.2 Å². The van der Waals surface area contributed by atoms with E-state index in [0.29, 0.717) is 5.02 Å². The van der Waals surface area contributed by atoms with Gasteiger partial charge in [0.25, 0.3) is 0 Å². The number of ether oxygens (including phenoxy) is 1. The SMILES string of the molecule is COCCCNc1cc(Nc2cc(Cl)ccc2C)ncn1. The van der Waals surface area contributed by atoms with Crippen molar-refractivity contribution in [1.82, 2.24) is 9.97 Å². The van der Waals surface area contributed by atoms with E-state index in [0.717, 1.165) is 42.5 Å². The molecule has 0 aliphatic heterocycles. The van der Waals surface area contributed by atoms with Crippen LogP contribution in [0.1, 0.15) is 12.0 Å². The second-order valence-corrected chi connectivity index (χ2v) is 5.08. The van der Waals surface area contributed by atoms with Gasteiger partial charge in [-0.3, -0.25) is 0 Å². The molecule has 2 N–H and O–H groups in total. The van der Waals surface area contributed by atoms with Crippen LogP contribution in [0.15, 0.2) is 30.6 Å². The maximum Gasteiger partial charge on any atom is 0.135 e. The molecule has 2 aromatic rings. The lowest BCUT2D eigenvalue weighted by Gasteiger charge is -2.10. The zero-order chi connectivity index (χ0) is 15.1. The Balaban J connectivity index is 2.02. The molecule has 5 nitrogen and oxygen atoms in total. The molecule has 0 atom stereocenters. The Labute approximate surface area is 129 Å². The Kier molecular flexibility index (Phi) is 5.78. The first-order valence-corrected chi connectivity index (χ1v) is 7.15. The lowest BCUT2D eigenvalue weighted by atomic mass is 10.2. The van der Waals surface area contributed by atoms with Gasteiger partial charge in [0.15, 0.2) is 0 Å². The number of aryl methyl sites for hydroxylation is 1. The predicted octanol–water partition coefficient (Wildman–Crippen LogP) is 3.63. The van der Waals surface area contributed by atoms with E-state index in [1.54, 1.807) is 7.11 Å². The lowest BCUT2D eigenvalue weighted by molar-refractivity contribution is 0.198. The fourth-order valence-corrected chi connectivity index (χ4v) is 1.99. The third-order valence-corrected chi connectivity index (χ3v) is 3.20. The van der Waals surface area contributed by atoms with Gasteiger partial charge in [0.1, 0.15) is 18.0 Å². The van der Waals surface area contributed by atoms with Crippen LogP contribution in [0.3, 0.4) is 0 Å². The van der Waals surface area contributed by atoms with Gasteiger partial charge in [-0.2, -0.15) is 0 Å². The summed E-state index contributed by atoms with van der Waals surface area (Å²) in [7, 11) is 1.69. The molecule has 6 heteroatoms. The summed E-state index contributed by atoms with van der Waals surface area (Å²) in [5, 5.41) is 7.18. The number of halogens is 1. The van der Waals surface area contributed by atoms with Crippen molar-refractivity contribution in [3.05, 3.63) is 41.2 Å². The summed E-state index contributed by atoms with van der Waals surface area (Å²) in [5.41, 5.74) is 2.04. The van der Waals surface area contributed by atoms with Crippen LogP contribution in [0.25, 0.3) is 0 Å². The van der Waals surface area contributed by atoms with Crippen LogP contribution in [-0.2, 0) is 4.74 Å². The Morgan fingerprint density at radius 3 is 2.81 bits per heavy atom. The highest BCUT2D eigenvalue weighted by Gasteiger charge is 2.03. The average Bonchev–Trinajstić information content (AvgIpc) is 2.48. The van der Waals surface area contributed by atoms with Gasteiger partial charge in [0.2, 0.25) is 0 Å². The number of nitrogens with zero attached hydrogens (tertiary/aromatic N) is 2. The average molecular weight is 307 g/mol. The lowest BCUT2D eigenvalue weighted by Crippen LogP contribution is -2.07. The monoisotopic (exact) mass is 306 g/mol. The van der Waals surface area contributed by atoms with Gasteiger partial charge < -0.3 is 15.4 Å². The van der Waals surface area contributed by atoms with Crippen LogP contribution in [0.2, 0.25) is 5.02 Å². The number of nitrogens with one attached hydrogen (secondary N) is 2. The van der Waals surface area contributed by atoms with Crippen molar-refractivity contribution in [1.29, 1.82) is 0 Å². The van der Waals surface area contributed by atoms with E-state index in [9.17, 15) is 0 Å². The van der Waals surface area contributed by atoms with E-state index in [2.05, 4.69) is 20.6 Å². The minimum Gasteiger partial charge on any atom is -0.385 e. The topological polar surface area (TPSA) is 59.1 Å². The van der Waals surface area contributed by atoms with Crippen molar-refractivity contribution in [2.75, 3.05) is 30.9 Å². The smallest absolute Gasteiger partial charge is 0.135 e. The maximum absolute atomic E-state index is 6.02. The van der Waals surface area contributed by atoms with Gasteiger partial charge in [0, 0.05) is 37.0 Å². The molecule has 0 amide bonds. The third kappa shape index (κ3) is 4.88. The molecule has 0 unspecified atom stereocenters. The number of hydrogen-bond acceptors (Lipinski definition) is 5. The van der Waals surface area contributed by atoms with Gasteiger partial charge in [0.05, 0.1) is 0 Å². The van der Waals surface area contributed by atoms with Crippen LogP contribution in [0.4, 0.5) is 17.3 Å². The van der Waals surface area contributed by atoms with Crippen LogP contribution in [0, 0.1) is 6.92 Å². The van der Waals surface area contributed by atoms with E-state index in [1.165, 1.54) is 6.33 Å². The van der Waals surface area contributed by atoms with Crippen molar-refractivity contribution in [3.8, 4) is 0 Å². The number of aromatic nitrogens is 2. The first-order chi connectivity index (χ1) is 10.2. The first kappa shape index (κ1) is 15.5. The number of anilines is 3. The van der Waals surface area contributed by atoms with E-state index in [-0.39, 0.29) is 0 Å². The fourth-order valence-electron chi connectivity index (χ4n) is 1.82. The normalized spacial score (nSPS) is 10.4. The van der Waals surface area contributed by atoms with Gasteiger partial charge >= 0.3 is 0 Å². The van der Waals surface area contributed by atoms with Gasteiger partial charge in [-0.15, -0.1) is 0 Å². The largest absolute Gasteiger partial charge is 0.385 e. The number of methoxy groups -OCH3 is 1. The summed E-state index contributed by atoms with van der Waals surface area (Å²) in [4.78, 5) is 8.41. The molecule has 0 radical (unpaired) electrons. The molecular weight excluding hydrogens is 288 g/mol. The Hall–Kier alpha value is -1.85. The molecule has 21 heavy (non-hydrogen) atoms. The zero-order valence-corrected chi connectivity index (χ0v) is 12.9. The summed E-state index contributed by atoms with van der Waals surface area (Å²) >= 11 is 6.02. The molecule has 0 bridgehead atoms. The summed E-state index contributed by atoms with van der Waals surface area (Å²) in [6.45, 7) is 3.55. The van der Waals surface area contributed by atoms with Gasteiger partial charge in [-0.05, 0) is 31.0 Å². The van der Waals surface area contributed by atoms with Crippen LogP contribution in [0.5, 0.6) is 0 Å². The molecular formula is C15H19ClN4O. The number of hydrogen-bond donors (Lipinski definition) is 2.